The molecule has 1 aliphatic rings. The van der Waals surface area contributed by atoms with Gasteiger partial charge in [0.2, 0.25) is 0 Å². The van der Waals surface area contributed by atoms with E-state index in [1.54, 1.807) is 6.07 Å². The summed E-state index contributed by atoms with van der Waals surface area (Å²) >= 11 is 0. The third-order valence-corrected chi connectivity index (χ3v) is 5.12. The zero-order valence-electron chi connectivity index (χ0n) is 15.3. The summed E-state index contributed by atoms with van der Waals surface area (Å²) in [6.45, 7) is 4.10. The molecule has 140 valence electrons. The molecule has 4 rings (SSSR count). The highest BCUT2D eigenvalue weighted by molar-refractivity contribution is 6.32. The SMILES string of the molecule is CC(C)c1ccc2nc(C3C(=O)c4cccc(C(=O)O)c4C3=O)c(O)cc2c1. The quantitative estimate of drug-likeness (QED) is 0.672. The number of pyridine rings is 1. The van der Waals surface area contributed by atoms with Crippen LogP contribution in [0.25, 0.3) is 10.9 Å². The summed E-state index contributed by atoms with van der Waals surface area (Å²) in [5.41, 5.74) is 1.28. The number of ketones is 2. The first-order chi connectivity index (χ1) is 13.3. The molecular weight excluding hydrogens is 358 g/mol. The summed E-state index contributed by atoms with van der Waals surface area (Å²) < 4.78 is 0. The zero-order valence-corrected chi connectivity index (χ0v) is 15.3. The van der Waals surface area contributed by atoms with Crippen LogP contribution in [-0.4, -0.2) is 32.7 Å². The summed E-state index contributed by atoms with van der Waals surface area (Å²) in [7, 11) is 0. The Morgan fingerprint density at radius 3 is 2.50 bits per heavy atom. The standard InChI is InChI=1S/C22H17NO5/c1-10(2)11-6-7-15-12(8-11)9-16(24)19(23-15)18-20(25)13-4-3-5-14(22(27)28)17(13)21(18)26/h3-10,18,24H,1-2H3,(H,27,28). The first kappa shape index (κ1) is 17.9. The number of carboxylic acids is 1. The van der Waals surface area contributed by atoms with Gasteiger partial charge in [0.1, 0.15) is 17.4 Å². The smallest absolute Gasteiger partial charge is 0.336 e. The van der Waals surface area contributed by atoms with E-state index in [0.29, 0.717) is 16.8 Å². The van der Waals surface area contributed by atoms with Crippen LogP contribution in [0.4, 0.5) is 0 Å². The van der Waals surface area contributed by atoms with Crippen molar-refractivity contribution >= 4 is 28.4 Å². The first-order valence-corrected chi connectivity index (χ1v) is 8.88. The third kappa shape index (κ3) is 2.57. The number of carbonyl (C=O) groups excluding carboxylic acids is 2. The number of aromatic hydroxyl groups is 1. The topological polar surface area (TPSA) is 105 Å². The van der Waals surface area contributed by atoms with Crippen molar-refractivity contribution in [3.8, 4) is 5.75 Å². The van der Waals surface area contributed by atoms with Gasteiger partial charge < -0.3 is 10.2 Å². The van der Waals surface area contributed by atoms with Gasteiger partial charge in [0, 0.05) is 16.5 Å². The average molecular weight is 375 g/mol. The second-order valence-corrected chi connectivity index (χ2v) is 7.19. The highest BCUT2D eigenvalue weighted by Crippen LogP contribution is 2.39. The van der Waals surface area contributed by atoms with E-state index in [-0.39, 0.29) is 28.1 Å². The second kappa shape index (κ2) is 6.27. The summed E-state index contributed by atoms with van der Waals surface area (Å²) in [4.78, 5) is 41.6. The van der Waals surface area contributed by atoms with Gasteiger partial charge in [-0.05, 0) is 35.7 Å². The van der Waals surface area contributed by atoms with Crippen molar-refractivity contribution in [2.75, 3.05) is 0 Å². The molecule has 3 aromatic rings. The van der Waals surface area contributed by atoms with E-state index < -0.39 is 23.5 Å². The van der Waals surface area contributed by atoms with Gasteiger partial charge in [0.05, 0.1) is 11.1 Å². The van der Waals surface area contributed by atoms with Gasteiger partial charge in [-0.2, -0.15) is 0 Å². The number of fused-ring (bicyclic) bond motifs is 2. The molecule has 0 saturated carbocycles. The van der Waals surface area contributed by atoms with Crippen LogP contribution in [0.3, 0.4) is 0 Å². The minimum atomic E-state index is -1.34. The van der Waals surface area contributed by atoms with Gasteiger partial charge in [-0.3, -0.25) is 9.59 Å². The predicted molar refractivity (Wildman–Crippen MR) is 102 cm³/mol. The lowest BCUT2D eigenvalue weighted by atomic mass is 9.95. The number of aromatic nitrogens is 1. The Balaban J connectivity index is 1.87. The Labute approximate surface area is 160 Å². The maximum Gasteiger partial charge on any atom is 0.336 e. The van der Waals surface area contributed by atoms with Crippen LogP contribution in [0, 0.1) is 0 Å². The molecule has 0 amide bonds. The minimum Gasteiger partial charge on any atom is -0.506 e. The monoisotopic (exact) mass is 375 g/mol. The Kier molecular flexibility index (Phi) is 4.00. The molecule has 6 nitrogen and oxygen atoms in total. The molecule has 1 atom stereocenters. The van der Waals surface area contributed by atoms with Crippen LogP contribution in [0.2, 0.25) is 0 Å². The number of nitrogens with zero attached hydrogens (tertiary/aromatic N) is 1. The molecule has 1 aliphatic carbocycles. The molecule has 6 heteroatoms. The highest BCUT2D eigenvalue weighted by atomic mass is 16.4. The summed E-state index contributed by atoms with van der Waals surface area (Å²) in [6.07, 6.45) is 0. The number of carbonyl (C=O) groups is 3. The fourth-order valence-electron chi connectivity index (χ4n) is 3.64. The van der Waals surface area contributed by atoms with Gasteiger partial charge in [-0.25, -0.2) is 9.78 Å². The van der Waals surface area contributed by atoms with Crippen molar-refractivity contribution in [1.82, 2.24) is 4.98 Å². The number of Topliss-reactive ketones (excluding diaryl/α,β-unsaturated/α-hetero) is 2. The first-order valence-electron chi connectivity index (χ1n) is 8.88. The lowest BCUT2D eigenvalue weighted by Crippen LogP contribution is -2.15. The fraction of sp³-hybridized carbons (Fsp3) is 0.182. The molecule has 28 heavy (non-hydrogen) atoms. The van der Waals surface area contributed by atoms with E-state index >= 15 is 0 Å². The number of carboxylic acid groups (broad SMARTS) is 1. The van der Waals surface area contributed by atoms with Crippen LogP contribution in [0.15, 0.2) is 42.5 Å². The van der Waals surface area contributed by atoms with Gasteiger partial charge in [0.15, 0.2) is 11.6 Å². The lowest BCUT2D eigenvalue weighted by Gasteiger charge is -2.12. The fourth-order valence-corrected chi connectivity index (χ4v) is 3.64. The van der Waals surface area contributed by atoms with Crippen LogP contribution in [-0.2, 0) is 0 Å². The molecule has 1 unspecified atom stereocenters. The molecule has 0 saturated heterocycles. The highest BCUT2D eigenvalue weighted by Gasteiger charge is 2.44. The molecule has 0 fully saturated rings. The molecule has 0 aliphatic heterocycles. The number of hydrogen-bond donors (Lipinski definition) is 2. The van der Waals surface area contributed by atoms with Crippen molar-refractivity contribution in [1.29, 1.82) is 0 Å². The maximum absolute atomic E-state index is 12.9. The zero-order chi connectivity index (χ0) is 20.2. The van der Waals surface area contributed by atoms with E-state index in [1.165, 1.54) is 24.3 Å². The largest absolute Gasteiger partial charge is 0.506 e. The minimum absolute atomic E-state index is 0.0475. The number of hydrogen-bond acceptors (Lipinski definition) is 5. The van der Waals surface area contributed by atoms with E-state index in [2.05, 4.69) is 18.8 Å². The summed E-state index contributed by atoms with van der Waals surface area (Å²) in [6, 6.07) is 11.2. The van der Waals surface area contributed by atoms with Crippen molar-refractivity contribution < 1.29 is 24.6 Å². The molecule has 0 radical (unpaired) electrons. The van der Waals surface area contributed by atoms with Crippen molar-refractivity contribution in [2.24, 2.45) is 0 Å². The lowest BCUT2D eigenvalue weighted by molar-refractivity contribution is 0.0691. The predicted octanol–water partition coefficient (Wildman–Crippen LogP) is 3.92. The molecule has 0 bridgehead atoms. The van der Waals surface area contributed by atoms with E-state index in [4.69, 9.17) is 0 Å². The van der Waals surface area contributed by atoms with Gasteiger partial charge >= 0.3 is 5.97 Å². The van der Waals surface area contributed by atoms with Gasteiger partial charge in [-0.15, -0.1) is 0 Å². The van der Waals surface area contributed by atoms with E-state index in [9.17, 15) is 24.6 Å². The molecule has 0 spiro atoms. The molecular formula is C22H17NO5. The Hall–Kier alpha value is -3.54. The normalized spacial score (nSPS) is 16.0. The number of aromatic carboxylic acids is 1. The maximum atomic E-state index is 12.9. The molecule has 1 heterocycles. The summed E-state index contributed by atoms with van der Waals surface area (Å²) in [5.74, 6) is -3.79. The number of benzene rings is 2. The Bertz CT molecular complexity index is 1180. The Morgan fingerprint density at radius 2 is 1.82 bits per heavy atom. The Morgan fingerprint density at radius 1 is 1.07 bits per heavy atom. The van der Waals surface area contributed by atoms with Crippen LogP contribution in [0.1, 0.15) is 68.0 Å². The number of rotatable bonds is 3. The summed E-state index contributed by atoms with van der Waals surface area (Å²) in [5, 5.41) is 20.6. The van der Waals surface area contributed by atoms with Crippen molar-refractivity contribution in [2.45, 2.75) is 25.7 Å². The van der Waals surface area contributed by atoms with Crippen molar-refractivity contribution in [3.63, 3.8) is 0 Å². The third-order valence-electron chi connectivity index (χ3n) is 5.12. The van der Waals surface area contributed by atoms with Gasteiger partial charge in [0.25, 0.3) is 0 Å². The van der Waals surface area contributed by atoms with Crippen LogP contribution >= 0.6 is 0 Å². The van der Waals surface area contributed by atoms with Crippen LogP contribution in [0.5, 0.6) is 5.75 Å². The van der Waals surface area contributed by atoms with Crippen molar-refractivity contribution in [3.05, 3.63) is 70.4 Å². The molecule has 2 aromatic carbocycles. The van der Waals surface area contributed by atoms with Crippen LogP contribution < -0.4 is 0 Å². The van der Waals surface area contributed by atoms with E-state index in [1.807, 2.05) is 12.1 Å². The van der Waals surface area contributed by atoms with Gasteiger partial charge in [-0.1, -0.05) is 32.0 Å². The van der Waals surface area contributed by atoms with E-state index in [0.717, 1.165) is 5.56 Å². The second-order valence-electron chi connectivity index (χ2n) is 7.19. The average Bonchev–Trinajstić information content (AvgIpc) is 2.91. The molecule has 2 N–H and O–H groups in total. The molecule has 1 aromatic heterocycles.